The van der Waals surface area contributed by atoms with Crippen molar-refractivity contribution >= 4 is 17.4 Å². The van der Waals surface area contributed by atoms with Gasteiger partial charge in [-0.25, -0.2) is 4.79 Å². The molecule has 0 aliphatic carbocycles. The summed E-state index contributed by atoms with van der Waals surface area (Å²) >= 11 is 0. The Bertz CT molecular complexity index is 375. The molecule has 0 unspecified atom stereocenters. The van der Waals surface area contributed by atoms with E-state index in [0.717, 1.165) is 5.69 Å². The van der Waals surface area contributed by atoms with E-state index in [1.165, 1.54) is 6.92 Å². The molecule has 0 radical (unpaired) electrons. The van der Waals surface area contributed by atoms with E-state index in [-0.39, 0.29) is 12.3 Å². The largest absolute Gasteiger partial charge is 0.480 e. The Morgan fingerprint density at radius 2 is 1.88 bits per heavy atom. The van der Waals surface area contributed by atoms with E-state index in [2.05, 4.69) is 0 Å². The predicted octanol–water partition coefficient (Wildman–Crippen LogP) is 1.56. The molecule has 4 nitrogen and oxygen atoms in total. The van der Waals surface area contributed by atoms with Crippen molar-refractivity contribution < 1.29 is 14.7 Å². The van der Waals surface area contributed by atoms with E-state index in [0.29, 0.717) is 0 Å². The SMILES string of the molecule is CC(=O)CN(c1ccccc1)[C@@H](C)C(=O)O. The molecule has 4 heteroatoms. The van der Waals surface area contributed by atoms with Crippen molar-refractivity contribution in [2.75, 3.05) is 11.4 Å². The lowest BCUT2D eigenvalue weighted by Gasteiger charge is -2.27. The van der Waals surface area contributed by atoms with Gasteiger partial charge in [-0.05, 0) is 26.0 Å². The van der Waals surface area contributed by atoms with Crippen molar-refractivity contribution in [2.45, 2.75) is 19.9 Å². The lowest BCUT2D eigenvalue weighted by Crippen LogP contribution is -2.41. The highest BCUT2D eigenvalue weighted by Crippen LogP contribution is 2.16. The first-order valence-corrected chi connectivity index (χ1v) is 5.06. The molecule has 0 heterocycles. The molecule has 1 rings (SSSR count). The molecule has 1 aromatic carbocycles. The number of ketones is 1. The van der Waals surface area contributed by atoms with Crippen LogP contribution in [0.4, 0.5) is 5.69 Å². The highest BCUT2D eigenvalue weighted by Gasteiger charge is 2.21. The lowest BCUT2D eigenvalue weighted by molar-refractivity contribution is -0.138. The maximum atomic E-state index is 11.1. The molecule has 0 aliphatic rings. The van der Waals surface area contributed by atoms with E-state index < -0.39 is 12.0 Å². The molecule has 0 saturated carbocycles. The van der Waals surface area contributed by atoms with Crippen molar-refractivity contribution in [2.24, 2.45) is 0 Å². The van der Waals surface area contributed by atoms with Crippen molar-refractivity contribution in [1.82, 2.24) is 0 Å². The van der Waals surface area contributed by atoms with Gasteiger partial charge in [-0.15, -0.1) is 0 Å². The lowest BCUT2D eigenvalue weighted by atomic mass is 10.2. The van der Waals surface area contributed by atoms with Crippen LogP contribution in [0.1, 0.15) is 13.8 Å². The van der Waals surface area contributed by atoms with Crippen LogP contribution in [0.2, 0.25) is 0 Å². The molecule has 86 valence electrons. The van der Waals surface area contributed by atoms with Gasteiger partial charge in [0, 0.05) is 5.69 Å². The molecular weight excluding hydrogens is 206 g/mol. The van der Waals surface area contributed by atoms with Crippen LogP contribution < -0.4 is 4.90 Å². The van der Waals surface area contributed by atoms with Gasteiger partial charge in [0.1, 0.15) is 11.8 Å². The van der Waals surface area contributed by atoms with Crippen molar-refractivity contribution in [1.29, 1.82) is 0 Å². The molecule has 1 aromatic rings. The number of nitrogens with zero attached hydrogens (tertiary/aromatic N) is 1. The summed E-state index contributed by atoms with van der Waals surface area (Å²) in [4.78, 5) is 23.6. The zero-order valence-electron chi connectivity index (χ0n) is 9.38. The number of anilines is 1. The Morgan fingerprint density at radius 3 is 2.31 bits per heavy atom. The van der Waals surface area contributed by atoms with E-state index >= 15 is 0 Å². The minimum atomic E-state index is -0.940. The highest BCUT2D eigenvalue weighted by molar-refractivity contribution is 5.85. The first kappa shape index (κ1) is 12.2. The monoisotopic (exact) mass is 221 g/mol. The second-order valence-electron chi connectivity index (χ2n) is 3.68. The number of hydrogen-bond donors (Lipinski definition) is 1. The summed E-state index contributed by atoms with van der Waals surface area (Å²) < 4.78 is 0. The fourth-order valence-electron chi connectivity index (χ4n) is 1.44. The maximum Gasteiger partial charge on any atom is 0.326 e. The Morgan fingerprint density at radius 1 is 1.31 bits per heavy atom. The normalized spacial score (nSPS) is 11.9. The van der Waals surface area contributed by atoms with Gasteiger partial charge in [0.05, 0.1) is 6.54 Å². The molecule has 0 fully saturated rings. The standard InChI is InChI=1S/C12H15NO3/c1-9(14)8-13(10(2)12(15)16)11-6-4-3-5-7-11/h3-7,10H,8H2,1-2H3,(H,15,16)/t10-/m0/s1. The maximum absolute atomic E-state index is 11.1. The first-order valence-electron chi connectivity index (χ1n) is 5.06. The number of Topliss-reactive ketones (excluding diaryl/α,β-unsaturated/α-hetero) is 1. The molecule has 0 amide bonds. The van der Waals surface area contributed by atoms with E-state index in [9.17, 15) is 9.59 Å². The third-order valence-corrected chi connectivity index (χ3v) is 2.31. The summed E-state index contributed by atoms with van der Waals surface area (Å²) in [5.41, 5.74) is 0.743. The van der Waals surface area contributed by atoms with Crippen LogP contribution in [0, 0.1) is 0 Å². The minimum absolute atomic E-state index is 0.0584. The zero-order valence-corrected chi connectivity index (χ0v) is 9.38. The molecule has 0 aliphatic heterocycles. The topological polar surface area (TPSA) is 57.6 Å². The van der Waals surface area contributed by atoms with Crippen LogP contribution in [0.25, 0.3) is 0 Å². The number of rotatable bonds is 5. The molecular formula is C12H15NO3. The van der Waals surface area contributed by atoms with Gasteiger partial charge in [-0.2, -0.15) is 0 Å². The van der Waals surface area contributed by atoms with Crippen molar-refractivity contribution in [3.05, 3.63) is 30.3 Å². The summed E-state index contributed by atoms with van der Waals surface area (Å²) in [6, 6.07) is 8.35. The average molecular weight is 221 g/mol. The second-order valence-corrected chi connectivity index (χ2v) is 3.68. The minimum Gasteiger partial charge on any atom is -0.480 e. The molecule has 0 saturated heterocycles. The Hall–Kier alpha value is -1.84. The Labute approximate surface area is 94.5 Å². The summed E-state index contributed by atoms with van der Waals surface area (Å²) in [6.07, 6.45) is 0. The number of carbonyl (C=O) groups is 2. The molecule has 1 atom stereocenters. The van der Waals surface area contributed by atoms with Crippen LogP contribution >= 0.6 is 0 Å². The number of para-hydroxylation sites is 1. The van der Waals surface area contributed by atoms with Crippen molar-refractivity contribution in [3.63, 3.8) is 0 Å². The van der Waals surface area contributed by atoms with Gasteiger partial charge in [0.2, 0.25) is 0 Å². The van der Waals surface area contributed by atoms with Gasteiger partial charge >= 0.3 is 5.97 Å². The van der Waals surface area contributed by atoms with Crippen LogP contribution in [-0.4, -0.2) is 29.4 Å². The second kappa shape index (κ2) is 5.30. The van der Waals surface area contributed by atoms with Gasteiger partial charge in [-0.1, -0.05) is 18.2 Å². The van der Waals surface area contributed by atoms with E-state index in [1.807, 2.05) is 18.2 Å². The molecule has 16 heavy (non-hydrogen) atoms. The average Bonchev–Trinajstić information content (AvgIpc) is 2.26. The van der Waals surface area contributed by atoms with Gasteiger partial charge in [0.25, 0.3) is 0 Å². The van der Waals surface area contributed by atoms with Crippen LogP contribution in [-0.2, 0) is 9.59 Å². The van der Waals surface area contributed by atoms with Crippen LogP contribution in [0.5, 0.6) is 0 Å². The predicted molar refractivity (Wildman–Crippen MR) is 61.6 cm³/mol. The van der Waals surface area contributed by atoms with Crippen LogP contribution in [0.15, 0.2) is 30.3 Å². The zero-order chi connectivity index (χ0) is 12.1. The quantitative estimate of drug-likeness (QED) is 0.819. The van der Waals surface area contributed by atoms with Crippen molar-refractivity contribution in [3.8, 4) is 0 Å². The number of aliphatic carboxylic acids is 1. The molecule has 1 N–H and O–H groups in total. The number of benzene rings is 1. The molecule has 0 bridgehead atoms. The molecule has 0 aromatic heterocycles. The summed E-state index contributed by atoms with van der Waals surface area (Å²) in [5.74, 6) is -0.998. The smallest absolute Gasteiger partial charge is 0.326 e. The number of carboxylic acid groups (broad SMARTS) is 1. The summed E-state index contributed by atoms with van der Waals surface area (Å²) in [7, 11) is 0. The summed E-state index contributed by atoms with van der Waals surface area (Å²) in [6.45, 7) is 3.13. The number of carbonyl (C=O) groups excluding carboxylic acids is 1. The first-order chi connectivity index (χ1) is 7.52. The van der Waals surface area contributed by atoms with Gasteiger partial charge < -0.3 is 10.0 Å². The Balaban J connectivity index is 2.96. The number of hydrogen-bond acceptors (Lipinski definition) is 3. The molecule has 0 spiro atoms. The third kappa shape index (κ3) is 3.08. The number of carboxylic acids is 1. The van der Waals surface area contributed by atoms with Gasteiger partial charge in [-0.3, -0.25) is 4.79 Å². The van der Waals surface area contributed by atoms with Crippen LogP contribution in [0.3, 0.4) is 0 Å². The Kier molecular flexibility index (Phi) is 4.05. The van der Waals surface area contributed by atoms with E-state index in [4.69, 9.17) is 5.11 Å². The third-order valence-electron chi connectivity index (χ3n) is 2.31. The fourth-order valence-corrected chi connectivity index (χ4v) is 1.44. The van der Waals surface area contributed by atoms with E-state index in [1.54, 1.807) is 24.0 Å². The highest BCUT2D eigenvalue weighted by atomic mass is 16.4. The fraction of sp³-hybridized carbons (Fsp3) is 0.333. The summed E-state index contributed by atoms with van der Waals surface area (Å²) in [5, 5.41) is 8.97. The van der Waals surface area contributed by atoms with Gasteiger partial charge in [0.15, 0.2) is 0 Å².